The molecule has 2 saturated carbocycles. The number of hydrogen-bond acceptors (Lipinski definition) is 1. The molecule has 0 aromatic heterocycles. The Morgan fingerprint density at radius 3 is 1.67 bits per heavy atom. The van der Waals surface area contributed by atoms with E-state index in [1.807, 2.05) is 0 Å². The predicted octanol–water partition coefficient (Wildman–Crippen LogP) is 8.82. The lowest BCUT2D eigenvalue weighted by atomic mass is 9.59. The van der Waals surface area contributed by atoms with Gasteiger partial charge in [-0.2, -0.15) is 5.26 Å². The van der Waals surface area contributed by atoms with E-state index in [2.05, 4.69) is 19.9 Å². The highest BCUT2D eigenvalue weighted by atomic mass is 14.5. The van der Waals surface area contributed by atoms with Crippen LogP contribution in [0.5, 0.6) is 0 Å². The lowest BCUT2D eigenvalue weighted by Gasteiger charge is -2.43. The Morgan fingerprint density at radius 2 is 1.15 bits per heavy atom. The van der Waals surface area contributed by atoms with E-state index < -0.39 is 0 Å². The van der Waals surface area contributed by atoms with Crippen molar-refractivity contribution in [3.63, 3.8) is 0 Å². The molecule has 2 aliphatic carbocycles. The maximum absolute atomic E-state index is 10.1. The minimum absolute atomic E-state index is 0.0476. The lowest BCUT2D eigenvalue weighted by Crippen LogP contribution is -2.36. The van der Waals surface area contributed by atoms with Crippen molar-refractivity contribution in [1.29, 1.82) is 5.26 Å². The summed E-state index contributed by atoms with van der Waals surface area (Å²) in [6, 6.07) is 2.87. The molecule has 0 heterocycles. The average Bonchev–Trinajstić information content (AvgIpc) is 2.72. The summed E-state index contributed by atoms with van der Waals surface area (Å²) < 4.78 is 0. The van der Waals surface area contributed by atoms with Gasteiger partial charge in [0.15, 0.2) is 0 Å². The lowest BCUT2D eigenvalue weighted by molar-refractivity contribution is 0.0842. The van der Waals surface area contributed by atoms with Gasteiger partial charge >= 0.3 is 0 Å². The minimum atomic E-state index is 0.0476. The van der Waals surface area contributed by atoms with Crippen molar-refractivity contribution in [2.24, 2.45) is 23.2 Å². The first-order valence-electron chi connectivity index (χ1n) is 12.6. The average molecular weight is 374 g/mol. The molecule has 0 aromatic rings. The van der Waals surface area contributed by atoms with Crippen LogP contribution in [0.4, 0.5) is 0 Å². The Morgan fingerprint density at radius 1 is 0.667 bits per heavy atom. The molecule has 0 aromatic carbocycles. The molecule has 0 aliphatic heterocycles. The molecule has 0 saturated heterocycles. The van der Waals surface area contributed by atoms with Crippen molar-refractivity contribution in [3.8, 4) is 6.07 Å². The van der Waals surface area contributed by atoms with E-state index in [1.165, 1.54) is 122 Å². The number of hydrogen-bond donors (Lipinski definition) is 0. The van der Waals surface area contributed by atoms with Crippen LogP contribution in [0.25, 0.3) is 0 Å². The van der Waals surface area contributed by atoms with Crippen molar-refractivity contribution < 1.29 is 0 Å². The second-order valence-electron chi connectivity index (χ2n) is 9.98. The highest BCUT2D eigenvalue weighted by Gasteiger charge is 2.43. The SMILES string of the molecule is CCCCCCCC1CCC(C2(C#N)CCC(CCCCCC)CC2)CC1. The van der Waals surface area contributed by atoms with Crippen molar-refractivity contribution in [2.75, 3.05) is 0 Å². The molecule has 0 N–H and O–H groups in total. The van der Waals surface area contributed by atoms with E-state index in [9.17, 15) is 5.26 Å². The summed E-state index contributed by atoms with van der Waals surface area (Å²) in [7, 11) is 0. The fourth-order valence-corrected chi connectivity index (χ4v) is 5.99. The minimum Gasteiger partial charge on any atom is -0.198 e. The maximum Gasteiger partial charge on any atom is 0.0692 e. The second kappa shape index (κ2) is 12.9. The molecule has 0 atom stereocenters. The quantitative estimate of drug-likeness (QED) is 0.313. The van der Waals surface area contributed by atoms with Gasteiger partial charge in [0.2, 0.25) is 0 Å². The molecular weight excluding hydrogens is 326 g/mol. The molecule has 2 fully saturated rings. The first kappa shape index (κ1) is 22.8. The highest BCUT2D eigenvalue weighted by molar-refractivity contribution is 5.06. The molecule has 0 radical (unpaired) electrons. The van der Waals surface area contributed by atoms with E-state index in [4.69, 9.17) is 0 Å². The van der Waals surface area contributed by atoms with Crippen LogP contribution in [0.15, 0.2) is 0 Å². The van der Waals surface area contributed by atoms with Gasteiger partial charge in [0.25, 0.3) is 0 Å². The van der Waals surface area contributed by atoms with Crippen LogP contribution in [-0.4, -0.2) is 0 Å². The van der Waals surface area contributed by atoms with E-state index in [0.717, 1.165) is 11.8 Å². The molecule has 1 nitrogen and oxygen atoms in total. The molecule has 0 amide bonds. The van der Waals surface area contributed by atoms with Gasteiger partial charge in [-0.25, -0.2) is 0 Å². The summed E-state index contributed by atoms with van der Waals surface area (Å²) in [6.45, 7) is 4.59. The van der Waals surface area contributed by atoms with Crippen LogP contribution in [0.3, 0.4) is 0 Å². The zero-order chi connectivity index (χ0) is 19.4. The largest absolute Gasteiger partial charge is 0.198 e. The van der Waals surface area contributed by atoms with Crippen molar-refractivity contribution in [1.82, 2.24) is 0 Å². The van der Waals surface area contributed by atoms with Crippen LogP contribution in [0.2, 0.25) is 0 Å². The van der Waals surface area contributed by atoms with E-state index in [0.29, 0.717) is 5.92 Å². The zero-order valence-corrected chi connectivity index (χ0v) is 18.6. The summed E-state index contributed by atoms with van der Waals surface area (Å²) in [5.74, 6) is 2.59. The van der Waals surface area contributed by atoms with E-state index in [-0.39, 0.29) is 5.41 Å². The first-order chi connectivity index (χ1) is 13.2. The van der Waals surface area contributed by atoms with Gasteiger partial charge in [-0.1, -0.05) is 97.3 Å². The number of nitriles is 1. The summed E-state index contributed by atoms with van der Waals surface area (Å²) in [5.41, 5.74) is 0.0476. The third-order valence-corrected chi connectivity index (χ3v) is 8.03. The van der Waals surface area contributed by atoms with Crippen LogP contribution < -0.4 is 0 Å². The number of unbranched alkanes of at least 4 members (excludes halogenated alkanes) is 7. The standard InChI is InChI=1S/C26H47N/c1-3-5-7-9-11-12-23-14-16-25(17-15-23)26(22-27)20-18-24(19-21-26)13-10-8-6-4-2/h23-25H,3-21H2,1-2H3. The molecule has 0 bridgehead atoms. The monoisotopic (exact) mass is 373 g/mol. The van der Waals surface area contributed by atoms with Crippen molar-refractivity contribution in [3.05, 3.63) is 0 Å². The fourth-order valence-electron chi connectivity index (χ4n) is 5.99. The molecule has 1 heteroatoms. The predicted molar refractivity (Wildman–Crippen MR) is 118 cm³/mol. The van der Waals surface area contributed by atoms with E-state index in [1.54, 1.807) is 0 Å². The fraction of sp³-hybridized carbons (Fsp3) is 0.962. The molecule has 0 unspecified atom stereocenters. The number of rotatable bonds is 12. The molecule has 2 aliphatic rings. The van der Waals surface area contributed by atoms with Crippen LogP contribution in [-0.2, 0) is 0 Å². The van der Waals surface area contributed by atoms with Gasteiger partial charge in [-0.15, -0.1) is 0 Å². The Labute approximate surface area is 170 Å². The molecule has 27 heavy (non-hydrogen) atoms. The van der Waals surface area contributed by atoms with Gasteiger partial charge in [0.05, 0.1) is 11.5 Å². The van der Waals surface area contributed by atoms with Crippen LogP contribution in [0.1, 0.15) is 136 Å². The first-order valence-corrected chi connectivity index (χ1v) is 12.6. The van der Waals surface area contributed by atoms with Crippen molar-refractivity contribution in [2.45, 2.75) is 136 Å². The van der Waals surface area contributed by atoms with Crippen LogP contribution >= 0.6 is 0 Å². The zero-order valence-electron chi connectivity index (χ0n) is 18.6. The van der Waals surface area contributed by atoms with Gasteiger partial charge in [-0.05, 0) is 56.3 Å². The van der Waals surface area contributed by atoms with Crippen molar-refractivity contribution >= 4 is 0 Å². The van der Waals surface area contributed by atoms with Gasteiger partial charge < -0.3 is 0 Å². The molecule has 2 rings (SSSR count). The number of nitrogens with zero attached hydrogens (tertiary/aromatic N) is 1. The summed E-state index contributed by atoms with van der Waals surface area (Å²) in [5, 5.41) is 10.1. The third kappa shape index (κ3) is 7.44. The Balaban J connectivity index is 1.67. The smallest absolute Gasteiger partial charge is 0.0692 e. The topological polar surface area (TPSA) is 23.8 Å². The Hall–Kier alpha value is -0.510. The van der Waals surface area contributed by atoms with E-state index >= 15 is 0 Å². The van der Waals surface area contributed by atoms with Gasteiger partial charge in [0.1, 0.15) is 0 Å². The summed E-state index contributed by atoms with van der Waals surface area (Å²) in [4.78, 5) is 0. The molecule has 0 spiro atoms. The Bertz CT molecular complexity index is 404. The van der Waals surface area contributed by atoms with Crippen LogP contribution in [0, 0.1) is 34.5 Å². The van der Waals surface area contributed by atoms with Gasteiger partial charge in [-0.3, -0.25) is 0 Å². The van der Waals surface area contributed by atoms with Gasteiger partial charge in [0, 0.05) is 0 Å². The summed E-state index contributed by atoms with van der Waals surface area (Å²) in [6.07, 6.45) is 26.1. The summed E-state index contributed by atoms with van der Waals surface area (Å²) >= 11 is 0. The Kier molecular flexibility index (Phi) is 10.8. The molecular formula is C26H47N. The molecule has 156 valence electrons. The second-order valence-corrected chi connectivity index (χ2v) is 9.98. The highest BCUT2D eigenvalue weighted by Crippen LogP contribution is 2.51. The maximum atomic E-state index is 10.1. The normalized spacial score (nSPS) is 31.5. The third-order valence-electron chi connectivity index (χ3n) is 8.03.